The van der Waals surface area contributed by atoms with E-state index >= 15 is 0 Å². The van der Waals surface area contributed by atoms with Crippen LogP contribution in [0.3, 0.4) is 0 Å². The van der Waals surface area contributed by atoms with Crippen molar-refractivity contribution >= 4 is 12.0 Å². The van der Waals surface area contributed by atoms with Crippen LogP contribution in [0.4, 0.5) is 4.39 Å². The fraction of sp³-hybridized carbons (Fsp3) is 0.483. The highest BCUT2D eigenvalue weighted by Crippen LogP contribution is 2.32. The highest BCUT2D eigenvalue weighted by atomic mass is 19.1. The van der Waals surface area contributed by atoms with Gasteiger partial charge in [-0.1, -0.05) is 42.7 Å². The first-order valence-corrected chi connectivity index (χ1v) is 12.8. The molecule has 1 saturated carbocycles. The average molecular weight is 498 g/mol. The van der Waals surface area contributed by atoms with Crippen molar-refractivity contribution in [2.24, 2.45) is 5.73 Å². The first-order valence-electron chi connectivity index (χ1n) is 12.8. The maximum Gasteiger partial charge on any atom is 0.254 e. The molecule has 2 unspecified atom stereocenters. The number of halogens is 1. The molecule has 1 saturated heterocycles. The summed E-state index contributed by atoms with van der Waals surface area (Å²) in [6.45, 7) is 5.76. The van der Waals surface area contributed by atoms with E-state index in [4.69, 9.17) is 15.2 Å². The summed E-state index contributed by atoms with van der Waals surface area (Å²) in [7, 11) is 3.27. The maximum absolute atomic E-state index is 13.7. The van der Waals surface area contributed by atoms with Crippen molar-refractivity contribution in [1.29, 1.82) is 0 Å². The third-order valence-electron chi connectivity index (χ3n) is 6.91. The normalized spacial score (nSPS) is 21.2. The maximum atomic E-state index is 13.7. The summed E-state index contributed by atoms with van der Waals surface area (Å²) in [6.07, 6.45) is 8.20. The molecule has 2 fully saturated rings. The van der Waals surface area contributed by atoms with Gasteiger partial charge < -0.3 is 25.4 Å². The van der Waals surface area contributed by atoms with Gasteiger partial charge in [0.1, 0.15) is 5.82 Å². The molecule has 2 aromatic rings. The zero-order chi connectivity index (χ0) is 26.1. The van der Waals surface area contributed by atoms with Crippen molar-refractivity contribution in [2.75, 3.05) is 33.9 Å². The van der Waals surface area contributed by atoms with E-state index in [2.05, 4.69) is 5.32 Å². The molecular weight excluding hydrogens is 457 g/mol. The summed E-state index contributed by atoms with van der Waals surface area (Å²) < 4.78 is 24.5. The van der Waals surface area contributed by atoms with Crippen LogP contribution in [0.5, 0.6) is 11.5 Å². The second kappa shape index (κ2) is 12.9. The van der Waals surface area contributed by atoms with E-state index in [1.807, 2.05) is 13.8 Å². The number of nitrogens with one attached hydrogen (secondary N) is 1. The number of fused-ring (bicyclic) bond motifs is 1. The number of likely N-dealkylation sites (N-methyl/N-ethyl adjacent to an activating group) is 1. The number of methoxy groups -OCH3 is 1. The molecule has 0 spiro atoms. The van der Waals surface area contributed by atoms with Crippen molar-refractivity contribution in [2.45, 2.75) is 57.5 Å². The molecule has 1 heterocycles. The smallest absolute Gasteiger partial charge is 0.254 e. The molecule has 2 aromatic carbocycles. The third kappa shape index (κ3) is 7.08. The molecule has 36 heavy (non-hydrogen) atoms. The molecule has 1 aliphatic heterocycles. The van der Waals surface area contributed by atoms with E-state index in [0.717, 1.165) is 12.1 Å². The van der Waals surface area contributed by atoms with Crippen LogP contribution in [-0.4, -0.2) is 56.2 Å². The number of benzene rings is 2. The van der Waals surface area contributed by atoms with Gasteiger partial charge in [-0.3, -0.25) is 4.79 Å². The molecule has 2 aliphatic rings. The lowest BCUT2D eigenvalue weighted by molar-refractivity contribution is 0.0806. The fourth-order valence-electron chi connectivity index (χ4n) is 5.00. The Hall–Kier alpha value is -2.90. The van der Waals surface area contributed by atoms with Crippen LogP contribution in [0, 0.1) is 5.82 Å². The van der Waals surface area contributed by atoms with Crippen LogP contribution in [0.2, 0.25) is 0 Å². The summed E-state index contributed by atoms with van der Waals surface area (Å²) in [5.74, 6) is 0.696. The Bertz CT molecular complexity index is 1060. The number of carbonyl (C=O) groups is 1. The Morgan fingerprint density at radius 3 is 2.69 bits per heavy atom. The number of carbonyl (C=O) groups excluding carboxylic acids is 1. The quantitative estimate of drug-likeness (QED) is 0.561. The lowest BCUT2D eigenvalue weighted by Crippen LogP contribution is -2.52. The third-order valence-corrected chi connectivity index (χ3v) is 6.91. The van der Waals surface area contributed by atoms with Gasteiger partial charge in [-0.2, -0.15) is 0 Å². The number of hydrogen-bond acceptors (Lipinski definition) is 5. The molecule has 2 atom stereocenters. The molecule has 196 valence electrons. The molecule has 1 aliphatic carbocycles. The lowest BCUT2D eigenvalue weighted by atomic mass is 9.79. The number of nitrogens with zero attached hydrogens (tertiary/aromatic N) is 1. The number of ether oxygens (including phenoxy) is 2. The first-order chi connectivity index (χ1) is 17.3. The first kappa shape index (κ1) is 27.7. The summed E-state index contributed by atoms with van der Waals surface area (Å²) >= 11 is 0. The molecule has 0 radical (unpaired) electrons. The molecule has 0 bridgehead atoms. The zero-order valence-electron chi connectivity index (χ0n) is 22.0. The van der Waals surface area contributed by atoms with Crippen LogP contribution in [0.15, 0.2) is 48.0 Å². The Labute approximate surface area is 214 Å². The van der Waals surface area contributed by atoms with Crippen LogP contribution in [0.1, 0.15) is 61.9 Å². The van der Waals surface area contributed by atoms with Gasteiger partial charge in [0, 0.05) is 36.3 Å². The predicted octanol–water partition coefficient (Wildman–Crippen LogP) is 5.03. The van der Waals surface area contributed by atoms with Crippen molar-refractivity contribution in [1.82, 2.24) is 10.2 Å². The van der Waals surface area contributed by atoms with E-state index in [0.29, 0.717) is 41.8 Å². The van der Waals surface area contributed by atoms with E-state index in [1.54, 1.807) is 61.5 Å². The number of nitrogens with two attached hydrogens (primary N) is 1. The fourth-order valence-corrected chi connectivity index (χ4v) is 5.00. The Balaban J connectivity index is 0.000000297. The van der Waals surface area contributed by atoms with Crippen molar-refractivity contribution < 1.29 is 18.7 Å². The highest BCUT2D eigenvalue weighted by Gasteiger charge is 2.40. The van der Waals surface area contributed by atoms with Gasteiger partial charge in [0.15, 0.2) is 11.5 Å². The molecule has 4 rings (SSSR count). The van der Waals surface area contributed by atoms with Crippen LogP contribution >= 0.6 is 0 Å². The minimum absolute atomic E-state index is 0.144. The van der Waals surface area contributed by atoms with Gasteiger partial charge in [0.25, 0.3) is 5.91 Å². The van der Waals surface area contributed by atoms with E-state index in [9.17, 15) is 9.18 Å². The van der Waals surface area contributed by atoms with E-state index in [-0.39, 0.29) is 17.3 Å². The van der Waals surface area contributed by atoms with Gasteiger partial charge in [-0.05, 0) is 63.9 Å². The number of hydrogen-bond donors (Lipinski definition) is 2. The monoisotopic (exact) mass is 497 g/mol. The summed E-state index contributed by atoms with van der Waals surface area (Å²) in [6, 6.07) is 12.3. The summed E-state index contributed by atoms with van der Waals surface area (Å²) in [5, 5.41) is 3.47. The Morgan fingerprint density at radius 1 is 1.22 bits per heavy atom. The lowest BCUT2D eigenvalue weighted by Gasteiger charge is -2.35. The molecule has 7 heteroatoms. The molecular formula is C29H40FN3O3. The van der Waals surface area contributed by atoms with Crippen LogP contribution < -0.4 is 20.5 Å². The van der Waals surface area contributed by atoms with Crippen molar-refractivity contribution in [3.05, 3.63) is 65.0 Å². The molecule has 1 amide bonds. The molecule has 3 N–H and O–H groups in total. The van der Waals surface area contributed by atoms with Gasteiger partial charge in [0.05, 0.1) is 13.7 Å². The molecule has 0 aromatic heterocycles. The summed E-state index contributed by atoms with van der Waals surface area (Å²) in [5.41, 5.74) is 8.28. The topological polar surface area (TPSA) is 76.8 Å². The van der Waals surface area contributed by atoms with Crippen molar-refractivity contribution in [3.8, 4) is 11.5 Å². The second-order valence-electron chi connectivity index (χ2n) is 9.71. The zero-order valence-corrected chi connectivity index (χ0v) is 22.0. The minimum Gasteiger partial charge on any atom is -0.493 e. The Morgan fingerprint density at radius 2 is 2.00 bits per heavy atom. The highest BCUT2D eigenvalue weighted by molar-refractivity contribution is 5.95. The van der Waals surface area contributed by atoms with Gasteiger partial charge in [-0.15, -0.1) is 0 Å². The van der Waals surface area contributed by atoms with Gasteiger partial charge >= 0.3 is 0 Å². The predicted molar refractivity (Wildman–Crippen MR) is 143 cm³/mol. The van der Waals surface area contributed by atoms with Crippen LogP contribution in [0.25, 0.3) is 6.08 Å². The number of rotatable bonds is 7. The van der Waals surface area contributed by atoms with Gasteiger partial charge in [-0.25, -0.2) is 4.39 Å². The van der Waals surface area contributed by atoms with Crippen LogP contribution in [-0.2, 0) is 0 Å². The van der Waals surface area contributed by atoms with Gasteiger partial charge in [0.2, 0.25) is 0 Å². The largest absolute Gasteiger partial charge is 0.493 e. The number of amides is 1. The minimum atomic E-state index is -0.280. The summed E-state index contributed by atoms with van der Waals surface area (Å²) in [4.78, 5) is 14.3. The van der Waals surface area contributed by atoms with E-state index in [1.165, 1.54) is 38.2 Å². The standard InChI is InChI=1S/C21H24FNO3.C8H16N2/c1-5-26-20-13-17(10-11-19(20)25-4)21(24)23(3)14-15(2)12-16-8-6-7-9-18(16)22;9-8-4-2-1-3-7(8)10-6-5-8/h6-13H,5,14H2,1-4H3;7,10H,1-6,9H2/b15-12+;. The molecule has 6 nitrogen and oxygen atoms in total. The van der Waals surface area contributed by atoms with Crippen molar-refractivity contribution in [3.63, 3.8) is 0 Å². The second-order valence-corrected chi connectivity index (χ2v) is 9.71. The van der Waals surface area contributed by atoms with E-state index < -0.39 is 0 Å². The average Bonchev–Trinajstić information content (AvgIpc) is 3.27. The SMILES string of the molecule is CCOc1cc(C(=O)N(C)C/C(C)=C/c2ccccc2F)ccc1OC.NC12CCCCC1NCC2. The Kier molecular flexibility index (Phi) is 9.90.